The number of carbonyl (C=O) groups is 1. The zero-order valence-corrected chi connectivity index (χ0v) is 36.3. The van der Waals surface area contributed by atoms with Crippen LogP contribution in [0.15, 0.2) is 97.2 Å². The average molecular weight is 788 g/mol. The molecule has 0 rings (SSSR count). The first kappa shape index (κ1) is 52.4. The molecule has 0 saturated heterocycles. The number of amides is 1. The van der Waals surface area contributed by atoms with Gasteiger partial charge in [0.1, 0.15) is 13.2 Å². The van der Waals surface area contributed by atoms with Crippen molar-refractivity contribution in [3.8, 4) is 0 Å². The topological polar surface area (TPSA) is 105 Å². The predicted molar refractivity (Wildman–Crippen MR) is 235 cm³/mol. The van der Waals surface area contributed by atoms with E-state index >= 15 is 0 Å². The van der Waals surface area contributed by atoms with Gasteiger partial charge in [-0.2, -0.15) is 0 Å². The molecule has 0 spiro atoms. The molecule has 0 radical (unpaired) electrons. The molecule has 0 aromatic rings. The van der Waals surface area contributed by atoms with Gasteiger partial charge in [-0.3, -0.25) is 13.8 Å². The van der Waals surface area contributed by atoms with Gasteiger partial charge in [-0.25, -0.2) is 4.57 Å². The molecule has 0 aliphatic carbocycles. The van der Waals surface area contributed by atoms with Crippen LogP contribution in [-0.2, 0) is 18.4 Å². The lowest BCUT2D eigenvalue weighted by atomic mass is 10.1. The zero-order valence-electron chi connectivity index (χ0n) is 35.4. The van der Waals surface area contributed by atoms with E-state index in [1.54, 1.807) is 6.08 Å². The summed E-state index contributed by atoms with van der Waals surface area (Å²) in [4.78, 5) is 23.0. The van der Waals surface area contributed by atoms with Gasteiger partial charge in [0.05, 0.1) is 39.9 Å². The highest BCUT2D eigenvalue weighted by atomic mass is 31.2. The molecule has 9 heteroatoms. The first-order chi connectivity index (χ1) is 26.5. The Balaban J connectivity index is 4.67. The maximum atomic E-state index is 12.8. The highest BCUT2D eigenvalue weighted by molar-refractivity contribution is 7.47. The van der Waals surface area contributed by atoms with Crippen LogP contribution < -0.4 is 5.32 Å². The predicted octanol–water partition coefficient (Wildman–Crippen LogP) is 11.6. The van der Waals surface area contributed by atoms with Gasteiger partial charge in [-0.15, -0.1) is 0 Å². The number of hydrogen-bond acceptors (Lipinski definition) is 5. The zero-order chi connectivity index (χ0) is 40.7. The third-order valence-corrected chi connectivity index (χ3v) is 9.54. The van der Waals surface area contributed by atoms with E-state index in [1.165, 1.54) is 51.4 Å². The summed E-state index contributed by atoms with van der Waals surface area (Å²) < 4.78 is 23.4. The maximum absolute atomic E-state index is 12.8. The molecule has 0 fully saturated rings. The number of rotatable bonds is 36. The van der Waals surface area contributed by atoms with Crippen molar-refractivity contribution < 1.29 is 32.9 Å². The molecule has 0 aliphatic rings. The number of hydrogen-bond donors (Lipinski definition) is 3. The van der Waals surface area contributed by atoms with Gasteiger partial charge in [0.15, 0.2) is 0 Å². The normalized spacial score (nSPS) is 15.4. The molecular weight excluding hydrogens is 707 g/mol. The first-order valence-corrected chi connectivity index (χ1v) is 22.6. The van der Waals surface area contributed by atoms with E-state index in [0.29, 0.717) is 17.4 Å². The minimum absolute atomic E-state index is 0.0370. The Morgan fingerprint density at radius 3 is 1.65 bits per heavy atom. The number of nitrogens with one attached hydrogen (secondary N) is 1. The largest absolute Gasteiger partial charge is 0.472 e. The fraction of sp³-hybridized carbons (Fsp3) is 0.630. The Hall–Kier alpha value is -2.58. The van der Waals surface area contributed by atoms with E-state index in [9.17, 15) is 19.4 Å². The number of aliphatic hydroxyl groups excluding tert-OH is 1. The third-order valence-electron chi connectivity index (χ3n) is 8.55. The van der Waals surface area contributed by atoms with Crippen molar-refractivity contribution in [3.63, 3.8) is 0 Å². The van der Waals surface area contributed by atoms with Crippen molar-refractivity contribution in [3.05, 3.63) is 97.2 Å². The van der Waals surface area contributed by atoms with Gasteiger partial charge in [0, 0.05) is 6.42 Å². The van der Waals surface area contributed by atoms with E-state index < -0.39 is 20.0 Å². The van der Waals surface area contributed by atoms with Gasteiger partial charge >= 0.3 is 7.82 Å². The number of nitrogens with zero attached hydrogens (tertiary/aromatic N) is 1. The van der Waals surface area contributed by atoms with Crippen molar-refractivity contribution in [2.75, 3.05) is 40.9 Å². The molecule has 1 amide bonds. The summed E-state index contributed by atoms with van der Waals surface area (Å²) in [7, 11) is 1.49. The number of aliphatic hydroxyl groups is 1. The highest BCUT2D eigenvalue weighted by Crippen LogP contribution is 2.43. The van der Waals surface area contributed by atoms with E-state index in [0.717, 1.165) is 57.8 Å². The number of carbonyl (C=O) groups excluding carboxylic acids is 1. The summed E-state index contributed by atoms with van der Waals surface area (Å²) in [5, 5.41) is 13.7. The molecule has 0 aliphatic heterocycles. The molecule has 0 heterocycles. The van der Waals surface area contributed by atoms with Gasteiger partial charge in [-0.05, 0) is 70.6 Å². The van der Waals surface area contributed by atoms with Gasteiger partial charge in [0.25, 0.3) is 0 Å². The van der Waals surface area contributed by atoms with Crippen molar-refractivity contribution in [2.24, 2.45) is 0 Å². The molecule has 0 aromatic heterocycles. The number of phosphoric acid groups is 1. The number of quaternary nitrogens is 1. The van der Waals surface area contributed by atoms with Crippen molar-refractivity contribution >= 4 is 13.7 Å². The molecule has 0 saturated carbocycles. The second kappa shape index (κ2) is 37.0. The van der Waals surface area contributed by atoms with E-state index in [1.807, 2.05) is 39.4 Å². The van der Waals surface area contributed by atoms with Crippen LogP contribution in [0.5, 0.6) is 0 Å². The van der Waals surface area contributed by atoms with Crippen LogP contribution in [0, 0.1) is 0 Å². The minimum Gasteiger partial charge on any atom is -0.387 e. The van der Waals surface area contributed by atoms with E-state index in [4.69, 9.17) is 9.05 Å². The minimum atomic E-state index is -4.37. The summed E-state index contributed by atoms with van der Waals surface area (Å²) in [5.74, 6) is -0.275. The van der Waals surface area contributed by atoms with Crippen LogP contribution in [0.4, 0.5) is 0 Å². The van der Waals surface area contributed by atoms with Crippen LogP contribution in [0.2, 0.25) is 0 Å². The first-order valence-electron chi connectivity index (χ1n) is 21.1. The lowest BCUT2D eigenvalue weighted by molar-refractivity contribution is -0.870. The SMILES string of the molecule is CC/C=C\C/C=C\C/C=C\C/C=C\C/C=C\C/C=C\CCC(=O)NC(COP(=O)(O)OCC[N+](C)(C)C)C(O)/C=C/CC/C=C/CCCCCCCCCC. The molecule has 3 atom stereocenters. The van der Waals surface area contributed by atoms with Crippen LogP contribution in [-0.4, -0.2) is 73.4 Å². The van der Waals surface area contributed by atoms with Crippen molar-refractivity contribution in [1.82, 2.24) is 5.32 Å². The molecule has 0 bridgehead atoms. The summed E-state index contributed by atoms with van der Waals surface area (Å²) in [6.45, 7) is 4.58. The second-order valence-corrected chi connectivity index (χ2v) is 16.4. The molecular formula is C46H80N2O6P+. The van der Waals surface area contributed by atoms with Crippen LogP contribution in [0.1, 0.15) is 136 Å². The molecule has 314 valence electrons. The number of likely N-dealkylation sites (N-methyl/N-ethyl adjacent to an activating group) is 1. The van der Waals surface area contributed by atoms with Gasteiger partial charge in [-0.1, -0.05) is 156 Å². The van der Waals surface area contributed by atoms with Crippen molar-refractivity contribution in [1.29, 1.82) is 0 Å². The fourth-order valence-electron chi connectivity index (χ4n) is 5.19. The molecule has 3 unspecified atom stereocenters. The monoisotopic (exact) mass is 788 g/mol. The van der Waals surface area contributed by atoms with Crippen LogP contribution in [0.3, 0.4) is 0 Å². The molecule has 0 aromatic carbocycles. The third kappa shape index (κ3) is 39.5. The summed E-state index contributed by atoms with van der Waals surface area (Å²) in [6, 6.07) is -0.908. The Bertz CT molecular complexity index is 1210. The van der Waals surface area contributed by atoms with Gasteiger partial charge in [0.2, 0.25) is 5.91 Å². The van der Waals surface area contributed by atoms with Gasteiger partial charge < -0.3 is 19.8 Å². The molecule has 8 nitrogen and oxygen atoms in total. The summed E-state index contributed by atoms with van der Waals surface area (Å²) >= 11 is 0. The Morgan fingerprint density at radius 1 is 0.636 bits per heavy atom. The molecule has 55 heavy (non-hydrogen) atoms. The Kier molecular flexibility index (Phi) is 35.3. The van der Waals surface area contributed by atoms with E-state index in [-0.39, 0.29) is 25.5 Å². The van der Waals surface area contributed by atoms with Crippen LogP contribution in [0.25, 0.3) is 0 Å². The summed E-state index contributed by atoms with van der Waals surface area (Å²) in [6.07, 6.45) is 52.1. The highest BCUT2D eigenvalue weighted by Gasteiger charge is 2.27. The van der Waals surface area contributed by atoms with E-state index in [2.05, 4.69) is 92.1 Å². The van der Waals surface area contributed by atoms with Crippen molar-refractivity contribution in [2.45, 2.75) is 148 Å². The lowest BCUT2D eigenvalue weighted by Crippen LogP contribution is -2.45. The maximum Gasteiger partial charge on any atom is 0.472 e. The number of unbranched alkanes of at least 4 members (excludes halogenated alkanes) is 9. The Morgan fingerprint density at radius 2 is 1.11 bits per heavy atom. The number of phosphoric ester groups is 1. The fourth-order valence-corrected chi connectivity index (χ4v) is 5.93. The smallest absolute Gasteiger partial charge is 0.387 e. The standard InChI is InChI=1S/C46H79N2O6P/c1-6-8-10-12-14-16-18-20-22-23-24-25-26-28-30-32-34-36-38-40-46(50)47-44(43-54-55(51,52)53-42-41-48(3,4)5)45(49)39-37-35-33-31-29-27-21-19-17-15-13-11-9-7-2/h8,10,14,16,20,22,24-25,28-31,34,36-37,39,44-45,49H,6-7,9,11-13,15,17-19,21,23,26-27,32-33,35,38,40-43H2,1-5H3,(H-,47,50,51,52)/p+1/b10-8-,16-14-,22-20-,25-24-,30-28-,31-29+,36-34-,39-37+. The average Bonchev–Trinajstić information content (AvgIpc) is 3.13. The second-order valence-electron chi connectivity index (χ2n) is 15.0. The molecule has 3 N–H and O–H groups in total. The Labute approximate surface area is 337 Å². The lowest BCUT2D eigenvalue weighted by Gasteiger charge is -2.25. The van der Waals surface area contributed by atoms with Crippen LogP contribution >= 0.6 is 7.82 Å². The quantitative estimate of drug-likeness (QED) is 0.0253. The summed E-state index contributed by atoms with van der Waals surface area (Å²) in [5.41, 5.74) is 0. The number of allylic oxidation sites excluding steroid dienone is 15.